The largest absolute Gasteiger partial charge is 0.310 e. The summed E-state index contributed by atoms with van der Waals surface area (Å²) in [6.45, 7) is 7.20. The van der Waals surface area contributed by atoms with E-state index in [9.17, 15) is 0 Å². The molecule has 2 aliphatic carbocycles. The van der Waals surface area contributed by atoms with Crippen LogP contribution in [-0.4, -0.2) is 0 Å². The summed E-state index contributed by atoms with van der Waals surface area (Å²) < 4.78 is 0. The fourth-order valence-electron chi connectivity index (χ4n) is 11.1. The summed E-state index contributed by atoms with van der Waals surface area (Å²) in [6, 6.07) is 81.0. The lowest BCUT2D eigenvalue weighted by atomic mass is 9.63. The van der Waals surface area contributed by atoms with Crippen LogP contribution in [0.25, 0.3) is 33.0 Å². The summed E-state index contributed by atoms with van der Waals surface area (Å²) in [5.41, 5.74) is 17.6. The van der Waals surface area contributed by atoms with E-state index in [1.165, 1.54) is 79.5 Å². The lowest BCUT2D eigenvalue weighted by Gasteiger charge is -2.41. The van der Waals surface area contributed by atoms with Crippen LogP contribution in [0.1, 0.15) is 68.7 Å². The van der Waals surface area contributed by atoms with Gasteiger partial charge in [-0.2, -0.15) is 0 Å². The predicted octanol–water partition coefficient (Wildman–Crippen LogP) is 17.2. The molecule has 0 amide bonds. The normalized spacial score (nSPS) is 17.4. The van der Waals surface area contributed by atoms with E-state index in [1.807, 2.05) is 0 Å². The van der Waals surface area contributed by atoms with Crippen molar-refractivity contribution in [2.75, 3.05) is 9.80 Å². The van der Waals surface area contributed by atoms with Gasteiger partial charge < -0.3 is 9.80 Å². The highest BCUT2D eigenvalue weighted by molar-refractivity contribution is 5.99. The number of rotatable bonds is 9. The minimum Gasteiger partial charge on any atom is -0.310 e. The molecule has 1 fully saturated rings. The van der Waals surface area contributed by atoms with E-state index in [2.05, 4.69) is 249 Å². The van der Waals surface area contributed by atoms with Gasteiger partial charge in [-0.25, -0.2) is 0 Å². The van der Waals surface area contributed by atoms with Crippen molar-refractivity contribution in [2.45, 2.75) is 57.3 Å². The Morgan fingerprint density at radius 3 is 1.59 bits per heavy atom. The second-order valence-electron chi connectivity index (χ2n) is 18.6. The van der Waals surface area contributed by atoms with E-state index in [4.69, 9.17) is 0 Å². The third-order valence-corrected chi connectivity index (χ3v) is 14.5. The molecule has 9 aromatic carbocycles. The Bertz CT molecular complexity index is 3070. The third kappa shape index (κ3) is 6.81. The molecule has 0 atom stereocenters. The number of hydrogen-bond donors (Lipinski definition) is 0. The van der Waals surface area contributed by atoms with Crippen molar-refractivity contribution in [3.63, 3.8) is 0 Å². The van der Waals surface area contributed by atoms with Crippen molar-refractivity contribution in [1.29, 1.82) is 0 Å². The van der Waals surface area contributed by atoms with Crippen molar-refractivity contribution in [3.05, 3.63) is 241 Å². The highest BCUT2D eigenvalue weighted by Gasteiger charge is 2.39. The summed E-state index contributed by atoms with van der Waals surface area (Å²) in [5, 5.41) is 2.48. The smallest absolute Gasteiger partial charge is 0.0540 e. The Morgan fingerprint density at radius 2 is 0.938 bits per heavy atom. The molecular formula is C62H54N2. The van der Waals surface area contributed by atoms with Gasteiger partial charge in [-0.05, 0) is 148 Å². The van der Waals surface area contributed by atoms with Crippen molar-refractivity contribution in [1.82, 2.24) is 0 Å². The van der Waals surface area contributed by atoms with E-state index in [-0.39, 0.29) is 10.8 Å². The van der Waals surface area contributed by atoms with E-state index in [0.29, 0.717) is 0 Å². The zero-order valence-electron chi connectivity index (χ0n) is 37.1. The van der Waals surface area contributed by atoms with Gasteiger partial charge in [-0.1, -0.05) is 172 Å². The molecule has 1 saturated carbocycles. The summed E-state index contributed by atoms with van der Waals surface area (Å²) >= 11 is 0. The Hall–Kier alpha value is -7.16. The first-order chi connectivity index (χ1) is 31.4. The molecule has 11 rings (SSSR count). The summed E-state index contributed by atoms with van der Waals surface area (Å²) in [5.74, 6) is 0.721. The van der Waals surface area contributed by atoms with Crippen LogP contribution in [0.3, 0.4) is 0 Å². The van der Waals surface area contributed by atoms with Crippen LogP contribution in [-0.2, 0) is 10.8 Å². The fourth-order valence-corrected chi connectivity index (χ4v) is 11.1. The van der Waals surface area contributed by atoms with Crippen LogP contribution in [0.2, 0.25) is 0 Å². The predicted molar refractivity (Wildman–Crippen MR) is 271 cm³/mol. The minimum absolute atomic E-state index is 0.0714. The van der Waals surface area contributed by atoms with Crippen LogP contribution in [0.4, 0.5) is 34.1 Å². The van der Waals surface area contributed by atoms with Gasteiger partial charge in [0.2, 0.25) is 0 Å². The molecule has 0 spiro atoms. The van der Waals surface area contributed by atoms with Crippen LogP contribution in [0, 0.1) is 5.92 Å². The Morgan fingerprint density at radius 1 is 0.422 bits per heavy atom. The second kappa shape index (κ2) is 16.2. The molecule has 2 aliphatic rings. The van der Waals surface area contributed by atoms with Gasteiger partial charge in [0.05, 0.1) is 5.69 Å². The highest BCUT2D eigenvalue weighted by atomic mass is 15.1. The first-order valence-corrected chi connectivity index (χ1v) is 23.1. The van der Waals surface area contributed by atoms with Crippen LogP contribution >= 0.6 is 0 Å². The summed E-state index contributed by atoms with van der Waals surface area (Å²) in [4.78, 5) is 4.85. The SMILES string of the molecule is CC1CCC(c2ccc(N(c3ccccc3)c3ccc4c(c3)C(C)(C)c3cccc(-c5ccccc5)c3-4)cc2)(c2ccc(N(c3ccccc3)c3cccc4ccccc34)cc2)CC1. The maximum atomic E-state index is 2.45. The Kier molecular flexibility index (Phi) is 10.0. The molecule has 2 heteroatoms. The first kappa shape index (κ1) is 39.7. The maximum Gasteiger partial charge on any atom is 0.0540 e. The molecule has 0 aliphatic heterocycles. The van der Waals surface area contributed by atoms with Gasteiger partial charge in [0, 0.05) is 44.7 Å². The van der Waals surface area contributed by atoms with Crippen LogP contribution in [0.5, 0.6) is 0 Å². The molecule has 0 saturated heterocycles. The zero-order valence-corrected chi connectivity index (χ0v) is 37.1. The van der Waals surface area contributed by atoms with Gasteiger partial charge in [0.1, 0.15) is 0 Å². The molecule has 0 N–H and O–H groups in total. The molecule has 64 heavy (non-hydrogen) atoms. The van der Waals surface area contributed by atoms with E-state index >= 15 is 0 Å². The maximum absolute atomic E-state index is 2.45. The molecule has 0 heterocycles. The number of benzene rings is 9. The minimum atomic E-state index is -0.148. The first-order valence-electron chi connectivity index (χ1n) is 23.1. The lowest BCUT2D eigenvalue weighted by molar-refractivity contribution is 0.280. The number of hydrogen-bond acceptors (Lipinski definition) is 2. The molecule has 0 unspecified atom stereocenters. The second-order valence-corrected chi connectivity index (χ2v) is 18.6. The Balaban J connectivity index is 0.972. The summed E-state index contributed by atoms with van der Waals surface area (Å²) in [6.07, 6.45) is 4.69. The van der Waals surface area contributed by atoms with E-state index in [0.717, 1.165) is 41.5 Å². The molecule has 0 bridgehead atoms. The third-order valence-electron chi connectivity index (χ3n) is 14.5. The number of anilines is 6. The molecule has 9 aromatic rings. The average Bonchev–Trinajstić information content (AvgIpc) is 3.59. The monoisotopic (exact) mass is 826 g/mol. The van der Waals surface area contributed by atoms with Crippen LogP contribution in [0.15, 0.2) is 218 Å². The number of para-hydroxylation sites is 2. The van der Waals surface area contributed by atoms with Gasteiger partial charge in [0.15, 0.2) is 0 Å². The van der Waals surface area contributed by atoms with Gasteiger partial charge in [-0.15, -0.1) is 0 Å². The van der Waals surface area contributed by atoms with Crippen molar-refractivity contribution in [2.24, 2.45) is 5.92 Å². The topological polar surface area (TPSA) is 6.48 Å². The van der Waals surface area contributed by atoms with E-state index in [1.54, 1.807) is 0 Å². The standard InChI is InChI=1S/C62H54N2/c1-44-39-41-62(42-40-44,48-31-35-52(36-32-48)64(50-23-11-6-12-24-50)59-28-15-20-45-19-13-14-25-54(45)59)47-29-33-51(34-30-47)63(49-21-9-5-10-22-49)53-37-38-56-58(43-53)61(2,3)57-27-16-26-55(60(56)57)46-17-7-4-8-18-46/h4-38,43-44H,39-42H2,1-3H3. The van der Waals surface area contributed by atoms with Crippen molar-refractivity contribution >= 4 is 44.9 Å². The van der Waals surface area contributed by atoms with Gasteiger partial charge in [-0.3, -0.25) is 0 Å². The molecule has 0 aromatic heterocycles. The lowest BCUT2D eigenvalue weighted by Crippen LogP contribution is -2.32. The molecular weight excluding hydrogens is 773 g/mol. The number of nitrogens with zero attached hydrogens (tertiary/aromatic N) is 2. The van der Waals surface area contributed by atoms with Gasteiger partial charge >= 0.3 is 0 Å². The quantitative estimate of drug-likeness (QED) is 0.143. The molecule has 312 valence electrons. The van der Waals surface area contributed by atoms with Crippen molar-refractivity contribution in [3.8, 4) is 22.3 Å². The highest BCUT2D eigenvalue weighted by Crippen LogP contribution is 2.54. The Labute approximate surface area is 379 Å². The van der Waals surface area contributed by atoms with Gasteiger partial charge in [0.25, 0.3) is 0 Å². The van der Waals surface area contributed by atoms with Crippen molar-refractivity contribution < 1.29 is 0 Å². The number of fused-ring (bicyclic) bond motifs is 4. The molecule has 2 nitrogen and oxygen atoms in total. The van der Waals surface area contributed by atoms with Crippen LogP contribution < -0.4 is 9.80 Å². The molecule has 0 radical (unpaired) electrons. The fraction of sp³-hybridized carbons (Fsp3) is 0.161. The zero-order chi connectivity index (χ0) is 43.3. The van der Waals surface area contributed by atoms with E-state index < -0.39 is 0 Å². The summed E-state index contributed by atoms with van der Waals surface area (Å²) in [7, 11) is 0. The average molecular weight is 827 g/mol.